The van der Waals surface area contributed by atoms with Gasteiger partial charge in [0.05, 0.1) is 5.69 Å². The maximum atomic E-state index is 11.0. The third kappa shape index (κ3) is 4.80. The van der Waals surface area contributed by atoms with Gasteiger partial charge in [0.1, 0.15) is 5.75 Å². The molecule has 0 aliphatic carbocycles. The first-order valence-electron chi connectivity index (χ1n) is 10.2. The van der Waals surface area contributed by atoms with Crippen molar-refractivity contribution in [2.75, 3.05) is 11.9 Å². The van der Waals surface area contributed by atoms with E-state index >= 15 is 0 Å². The summed E-state index contributed by atoms with van der Waals surface area (Å²) in [6, 6.07) is 10.2. The van der Waals surface area contributed by atoms with Gasteiger partial charge in [-0.05, 0) is 61.6 Å². The van der Waals surface area contributed by atoms with Crippen LogP contribution in [-0.4, -0.2) is 48.9 Å². The van der Waals surface area contributed by atoms with Gasteiger partial charge in [-0.15, -0.1) is 10.2 Å². The summed E-state index contributed by atoms with van der Waals surface area (Å²) in [4.78, 5) is 2.21. The number of phenolic OH excluding ortho intramolecular Hbond substituents is 1. The number of rotatable bonds is 5. The number of phenols is 1. The van der Waals surface area contributed by atoms with E-state index < -0.39 is 10.0 Å². The predicted octanol–water partition coefficient (Wildman–Crippen LogP) is 2.22. The fourth-order valence-corrected chi connectivity index (χ4v) is 4.78. The molecule has 9 heteroatoms. The molecule has 4 rings (SSSR count). The van der Waals surface area contributed by atoms with Crippen molar-refractivity contribution in [1.82, 2.24) is 15.5 Å². The Hall–Kier alpha value is -2.49. The first-order valence-corrected chi connectivity index (χ1v) is 11.8. The number of hydrogen-bond donors (Lipinski definition) is 3. The van der Waals surface area contributed by atoms with Gasteiger partial charge < -0.3 is 15.3 Å². The molecule has 3 heterocycles. The molecule has 0 radical (unpaired) electrons. The molecule has 160 valence electrons. The number of nitrogens with two attached hydrogens (primary N) is 1. The van der Waals surface area contributed by atoms with Gasteiger partial charge in [0.25, 0.3) is 0 Å². The summed E-state index contributed by atoms with van der Waals surface area (Å²) in [5.41, 5.74) is 1.60. The Kier molecular flexibility index (Phi) is 5.77. The lowest BCUT2D eigenvalue weighted by atomic mass is 9.83. The molecule has 0 unspecified atom stereocenters. The van der Waals surface area contributed by atoms with Crippen molar-refractivity contribution in [2.24, 2.45) is 5.14 Å². The molecule has 0 spiro atoms. The van der Waals surface area contributed by atoms with E-state index in [-0.39, 0.29) is 5.75 Å². The number of benzene rings is 1. The summed E-state index contributed by atoms with van der Waals surface area (Å²) in [6.07, 6.45) is 7.36. The van der Waals surface area contributed by atoms with Gasteiger partial charge >= 0.3 is 0 Å². The number of aromatic hydroxyl groups is 1. The summed E-state index contributed by atoms with van der Waals surface area (Å²) in [5, 5.41) is 28.6. The molecule has 0 amide bonds. The van der Waals surface area contributed by atoms with Gasteiger partial charge in [0.15, 0.2) is 5.82 Å². The number of nitrogens with one attached hydrogen (secondary N) is 1. The molecule has 0 saturated carbocycles. The Morgan fingerprint density at radius 1 is 1.17 bits per heavy atom. The number of anilines is 1. The summed E-state index contributed by atoms with van der Waals surface area (Å²) >= 11 is 0. The second-order valence-electron chi connectivity index (χ2n) is 8.17. The molecule has 30 heavy (non-hydrogen) atoms. The number of primary sulfonamides is 1. The monoisotopic (exact) mass is 429 g/mol. The summed E-state index contributed by atoms with van der Waals surface area (Å²) in [7, 11) is -1.65. The minimum atomic E-state index is -3.72. The SMILES string of the molecule is CN(c1ccc(-c2ccc(/C=C/S(N)(=O)=O)cc2O)nn1)C1C[C@@H]2CCC[C@@H](C1)N2. The van der Waals surface area contributed by atoms with Crippen LogP contribution in [0.25, 0.3) is 17.3 Å². The molecule has 8 nitrogen and oxygen atoms in total. The zero-order chi connectivity index (χ0) is 21.3. The molecule has 2 aliphatic heterocycles. The molecule has 4 N–H and O–H groups in total. The number of nitrogens with zero attached hydrogens (tertiary/aromatic N) is 3. The van der Waals surface area contributed by atoms with Gasteiger partial charge in [0, 0.05) is 36.1 Å². The van der Waals surface area contributed by atoms with E-state index in [0.717, 1.165) is 24.1 Å². The van der Waals surface area contributed by atoms with Crippen molar-refractivity contribution < 1.29 is 13.5 Å². The lowest BCUT2D eigenvalue weighted by Crippen LogP contribution is -2.54. The van der Waals surface area contributed by atoms with Crippen molar-refractivity contribution in [3.8, 4) is 17.0 Å². The molecule has 2 fully saturated rings. The van der Waals surface area contributed by atoms with E-state index in [1.807, 2.05) is 12.1 Å². The van der Waals surface area contributed by atoms with E-state index in [2.05, 4.69) is 27.5 Å². The summed E-state index contributed by atoms with van der Waals surface area (Å²) in [5.74, 6) is 0.809. The fourth-order valence-electron chi connectivity index (χ4n) is 4.44. The summed E-state index contributed by atoms with van der Waals surface area (Å²) in [6.45, 7) is 0. The van der Waals surface area contributed by atoms with Crippen LogP contribution in [0, 0.1) is 0 Å². The molecule has 2 aliphatic rings. The van der Waals surface area contributed by atoms with Crippen LogP contribution in [0.4, 0.5) is 5.82 Å². The van der Waals surface area contributed by atoms with E-state index in [1.54, 1.807) is 12.1 Å². The highest BCUT2D eigenvalue weighted by atomic mass is 32.2. The van der Waals surface area contributed by atoms with E-state index in [9.17, 15) is 13.5 Å². The lowest BCUT2D eigenvalue weighted by Gasteiger charge is -2.43. The van der Waals surface area contributed by atoms with Crippen molar-refractivity contribution in [3.05, 3.63) is 41.3 Å². The highest BCUT2D eigenvalue weighted by Gasteiger charge is 2.33. The van der Waals surface area contributed by atoms with Crippen LogP contribution in [0.3, 0.4) is 0 Å². The second-order valence-corrected chi connectivity index (χ2v) is 9.62. The smallest absolute Gasteiger partial charge is 0.231 e. The van der Waals surface area contributed by atoms with Crippen LogP contribution in [-0.2, 0) is 10.0 Å². The van der Waals surface area contributed by atoms with E-state index in [1.165, 1.54) is 31.4 Å². The predicted molar refractivity (Wildman–Crippen MR) is 117 cm³/mol. The number of hydrogen-bond acceptors (Lipinski definition) is 7. The van der Waals surface area contributed by atoms with Crippen LogP contribution >= 0.6 is 0 Å². The van der Waals surface area contributed by atoms with Crippen molar-refractivity contribution in [2.45, 2.75) is 50.2 Å². The number of piperidine rings is 2. The van der Waals surface area contributed by atoms with Crippen LogP contribution in [0.1, 0.15) is 37.7 Å². The topological polar surface area (TPSA) is 121 Å². The van der Waals surface area contributed by atoms with E-state index in [4.69, 9.17) is 5.14 Å². The van der Waals surface area contributed by atoms with Crippen LogP contribution in [0.2, 0.25) is 0 Å². The Balaban J connectivity index is 1.49. The quantitative estimate of drug-likeness (QED) is 0.666. The molecular weight excluding hydrogens is 402 g/mol. The first-order chi connectivity index (χ1) is 14.3. The molecule has 2 atom stereocenters. The number of aromatic nitrogens is 2. The Labute approximate surface area is 176 Å². The Bertz CT molecular complexity index is 1030. The van der Waals surface area contributed by atoms with Gasteiger partial charge in [-0.25, -0.2) is 13.6 Å². The van der Waals surface area contributed by atoms with Crippen molar-refractivity contribution >= 4 is 21.9 Å². The van der Waals surface area contributed by atoms with Gasteiger partial charge in [-0.1, -0.05) is 12.5 Å². The highest BCUT2D eigenvalue weighted by molar-refractivity contribution is 7.92. The van der Waals surface area contributed by atoms with Crippen LogP contribution in [0.15, 0.2) is 35.7 Å². The van der Waals surface area contributed by atoms with E-state index in [0.29, 0.717) is 34.9 Å². The standard InChI is InChI=1S/C21H27N5O3S/c1-26(17-12-15-3-2-4-16(13-17)23-15)21-8-7-19(24-25-21)18-6-5-14(11-20(18)27)9-10-30(22,28)29/h5-11,15-17,23,27H,2-4,12-13H2,1H3,(H2,22,28,29)/b10-9+/t15-,16-/m0/s1. The second kappa shape index (κ2) is 8.33. The molecule has 2 bridgehead atoms. The van der Waals surface area contributed by atoms with Crippen molar-refractivity contribution in [3.63, 3.8) is 0 Å². The average molecular weight is 430 g/mol. The third-order valence-corrected chi connectivity index (χ3v) is 6.51. The molecule has 2 saturated heterocycles. The van der Waals surface area contributed by atoms with Crippen molar-refractivity contribution in [1.29, 1.82) is 0 Å². The lowest BCUT2D eigenvalue weighted by molar-refractivity contribution is 0.219. The zero-order valence-corrected chi connectivity index (χ0v) is 17.7. The van der Waals surface area contributed by atoms with Crippen LogP contribution < -0.4 is 15.4 Å². The molecule has 2 aromatic rings. The highest BCUT2D eigenvalue weighted by Crippen LogP contribution is 2.32. The minimum absolute atomic E-state index is 0.00634. The summed E-state index contributed by atoms with van der Waals surface area (Å²) < 4.78 is 22.1. The minimum Gasteiger partial charge on any atom is -0.507 e. The normalized spacial score (nSPS) is 24.1. The number of fused-ring (bicyclic) bond motifs is 2. The van der Waals surface area contributed by atoms with Gasteiger partial charge in [0.2, 0.25) is 10.0 Å². The zero-order valence-electron chi connectivity index (χ0n) is 16.9. The Morgan fingerprint density at radius 2 is 1.90 bits per heavy atom. The molecule has 1 aromatic carbocycles. The Morgan fingerprint density at radius 3 is 2.50 bits per heavy atom. The maximum Gasteiger partial charge on any atom is 0.231 e. The fraction of sp³-hybridized carbons (Fsp3) is 0.429. The van der Waals surface area contributed by atoms with Gasteiger partial charge in [-0.3, -0.25) is 0 Å². The average Bonchev–Trinajstić information content (AvgIpc) is 2.71. The number of sulfonamides is 1. The largest absolute Gasteiger partial charge is 0.507 e. The van der Waals surface area contributed by atoms with Crippen LogP contribution in [0.5, 0.6) is 5.75 Å². The molecule has 1 aromatic heterocycles. The third-order valence-electron chi connectivity index (χ3n) is 6.00. The molecular formula is C21H27N5O3S. The maximum absolute atomic E-state index is 11.0. The first kappa shape index (κ1) is 20.8. The van der Waals surface area contributed by atoms with Gasteiger partial charge in [-0.2, -0.15) is 0 Å².